The monoisotopic (exact) mass is 364 g/mol. The molecule has 0 aromatic heterocycles. The number of carbonyl (C=O) groups is 1. The highest BCUT2D eigenvalue weighted by Crippen LogP contribution is 2.30. The summed E-state index contributed by atoms with van der Waals surface area (Å²) in [4.78, 5) is 22.5. The van der Waals surface area contributed by atoms with E-state index in [0.717, 1.165) is 11.1 Å². The zero-order valence-corrected chi connectivity index (χ0v) is 14.9. The molecule has 1 amide bonds. The number of nitrogens with zero attached hydrogens (tertiary/aromatic N) is 1. The van der Waals surface area contributed by atoms with Gasteiger partial charge < -0.3 is 5.32 Å². The van der Waals surface area contributed by atoms with Crippen molar-refractivity contribution in [1.82, 2.24) is 0 Å². The first-order chi connectivity index (χ1) is 11.4. The normalized spacial score (nSPS) is 11.8. The summed E-state index contributed by atoms with van der Waals surface area (Å²) >= 11 is 7.50. The number of nitrogens with one attached hydrogen (secondary N) is 1. The van der Waals surface area contributed by atoms with Crippen LogP contribution in [0.5, 0.6) is 0 Å². The predicted octanol–water partition coefficient (Wildman–Crippen LogP) is 4.99. The molecule has 0 fully saturated rings. The molecule has 0 saturated carbocycles. The van der Waals surface area contributed by atoms with Crippen molar-refractivity contribution in [2.75, 3.05) is 11.1 Å². The van der Waals surface area contributed by atoms with E-state index in [1.807, 2.05) is 26.0 Å². The van der Waals surface area contributed by atoms with Gasteiger partial charge in [0.05, 0.1) is 21.4 Å². The average Bonchev–Trinajstić information content (AvgIpc) is 2.55. The molecule has 2 aromatic carbocycles. The van der Waals surface area contributed by atoms with Gasteiger partial charge in [-0.05, 0) is 37.1 Å². The summed E-state index contributed by atoms with van der Waals surface area (Å²) in [5.41, 5.74) is 2.47. The molecule has 0 saturated heterocycles. The molecule has 7 heteroatoms. The molecule has 0 bridgehead atoms. The Morgan fingerprint density at radius 2 is 2.08 bits per heavy atom. The number of nitro groups is 1. The summed E-state index contributed by atoms with van der Waals surface area (Å²) in [6.07, 6.45) is 0. The minimum absolute atomic E-state index is 0.0378. The molecule has 126 valence electrons. The van der Waals surface area contributed by atoms with Crippen LogP contribution >= 0.6 is 23.4 Å². The van der Waals surface area contributed by atoms with Gasteiger partial charge >= 0.3 is 0 Å². The van der Waals surface area contributed by atoms with Gasteiger partial charge in [0, 0.05) is 17.4 Å². The van der Waals surface area contributed by atoms with E-state index in [9.17, 15) is 14.9 Å². The maximum Gasteiger partial charge on any atom is 0.269 e. The van der Waals surface area contributed by atoms with Crippen molar-refractivity contribution in [3.05, 3.63) is 68.7 Å². The Balaban J connectivity index is 1.93. The van der Waals surface area contributed by atoms with Crippen LogP contribution in [0.1, 0.15) is 23.3 Å². The molecule has 5 nitrogen and oxygen atoms in total. The Bertz CT molecular complexity index is 767. The molecular weight excluding hydrogens is 348 g/mol. The largest absolute Gasteiger partial charge is 0.324 e. The first-order valence-electron chi connectivity index (χ1n) is 7.29. The number of nitro benzene ring substituents is 1. The number of hydrogen-bond acceptors (Lipinski definition) is 4. The van der Waals surface area contributed by atoms with E-state index < -0.39 is 4.92 Å². The number of hydrogen-bond donors (Lipinski definition) is 1. The number of halogens is 1. The molecule has 2 aromatic rings. The van der Waals surface area contributed by atoms with E-state index >= 15 is 0 Å². The van der Waals surface area contributed by atoms with Crippen LogP contribution in [0.15, 0.2) is 42.5 Å². The molecular formula is C17H17ClN2O3S. The highest BCUT2D eigenvalue weighted by atomic mass is 35.5. The lowest BCUT2D eigenvalue weighted by Crippen LogP contribution is -2.15. The summed E-state index contributed by atoms with van der Waals surface area (Å²) in [5, 5.41) is 14.1. The molecule has 2 rings (SSSR count). The average molecular weight is 365 g/mol. The maximum absolute atomic E-state index is 12.1. The SMILES string of the molecule is Cc1ccc(NC(=O)CS[C@H](C)c2cccc([N+](=O)[O-])c2)c(Cl)c1. The number of non-ortho nitro benzene ring substituents is 1. The van der Waals surface area contributed by atoms with E-state index in [1.54, 1.807) is 18.2 Å². The van der Waals surface area contributed by atoms with E-state index in [-0.39, 0.29) is 22.6 Å². The van der Waals surface area contributed by atoms with Crippen LogP contribution in [-0.2, 0) is 4.79 Å². The van der Waals surface area contributed by atoms with Gasteiger partial charge in [-0.2, -0.15) is 0 Å². The van der Waals surface area contributed by atoms with Gasteiger partial charge in [0.25, 0.3) is 5.69 Å². The smallest absolute Gasteiger partial charge is 0.269 e. The van der Waals surface area contributed by atoms with Crippen molar-refractivity contribution in [2.24, 2.45) is 0 Å². The minimum Gasteiger partial charge on any atom is -0.324 e. The van der Waals surface area contributed by atoms with Crippen molar-refractivity contribution < 1.29 is 9.72 Å². The number of anilines is 1. The number of aryl methyl sites for hydroxylation is 1. The molecule has 0 aliphatic heterocycles. The number of thioether (sulfide) groups is 1. The Labute approximate surface area is 149 Å². The van der Waals surface area contributed by atoms with Crippen LogP contribution < -0.4 is 5.32 Å². The van der Waals surface area contributed by atoms with E-state index in [2.05, 4.69) is 5.32 Å². The minimum atomic E-state index is -0.424. The zero-order chi connectivity index (χ0) is 17.7. The lowest BCUT2D eigenvalue weighted by molar-refractivity contribution is -0.384. The van der Waals surface area contributed by atoms with Gasteiger partial charge in [0.15, 0.2) is 0 Å². The Morgan fingerprint density at radius 1 is 1.33 bits per heavy atom. The lowest BCUT2D eigenvalue weighted by atomic mass is 10.1. The van der Waals surface area contributed by atoms with Crippen molar-refractivity contribution in [3.63, 3.8) is 0 Å². The fourth-order valence-corrected chi connectivity index (χ4v) is 3.19. The van der Waals surface area contributed by atoms with Crippen LogP contribution in [0.2, 0.25) is 5.02 Å². The molecule has 0 unspecified atom stereocenters. The lowest BCUT2D eigenvalue weighted by Gasteiger charge is -2.12. The van der Waals surface area contributed by atoms with Gasteiger partial charge in [-0.15, -0.1) is 11.8 Å². The fraction of sp³-hybridized carbons (Fsp3) is 0.235. The van der Waals surface area contributed by atoms with Crippen LogP contribution in [0.25, 0.3) is 0 Å². The second kappa shape index (κ2) is 8.17. The molecule has 24 heavy (non-hydrogen) atoms. The Kier molecular flexibility index (Phi) is 6.23. The van der Waals surface area contributed by atoms with Crippen molar-refractivity contribution >= 4 is 40.6 Å². The maximum atomic E-state index is 12.1. The second-order valence-corrected chi connectivity index (χ2v) is 7.07. The first kappa shape index (κ1) is 18.3. The quantitative estimate of drug-likeness (QED) is 0.579. The highest BCUT2D eigenvalue weighted by molar-refractivity contribution is 8.00. The summed E-state index contributed by atoms with van der Waals surface area (Å²) in [6, 6.07) is 11.9. The van der Waals surface area contributed by atoms with Crippen molar-refractivity contribution in [1.29, 1.82) is 0 Å². The molecule has 0 heterocycles. The molecule has 0 radical (unpaired) electrons. The molecule has 0 aliphatic rings. The second-order valence-electron chi connectivity index (χ2n) is 5.34. The zero-order valence-electron chi connectivity index (χ0n) is 13.3. The predicted molar refractivity (Wildman–Crippen MR) is 98.8 cm³/mol. The highest BCUT2D eigenvalue weighted by Gasteiger charge is 2.13. The molecule has 1 atom stereocenters. The Hall–Kier alpha value is -2.05. The van der Waals surface area contributed by atoms with Crippen LogP contribution in [-0.4, -0.2) is 16.6 Å². The number of carbonyl (C=O) groups excluding carboxylic acids is 1. The van der Waals surface area contributed by atoms with E-state index in [4.69, 9.17) is 11.6 Å². The van der Waals surface area contributed by atoms with Crippen LogP contribution in [0.4, 0.5) is 11.4 Å². The summed E-state index contributed by atoms with van der Waals surface area (Å²) in [7, 11) is 0. The molecule has 1 N–H and O–H groups in total. The standard InChI is InChI=1S/C17H17ClN2O3S/c1-11-6-7-16(15(18)8-11)19-17(21)10-24-12(2)13-4-3-5-14(9-13)20(22)23/h3-9,12H,10H2,1-2H3,(H,19,21)/t12-/m1/s1. The summed E-state index contributed by atoms with van der Waals surface area (Å²) < 4.78 is 0. The van der Waals surface area contributed by atoms with Gasteiger partial charge in [0.1, 0.15) is 0 Å². The van der Waals surface area contributed by atoms with Crippen LogP contribution in [0, 0.1) is 17.0 Å². The summed E-state index contributed by atoms with van der Waals surface area (Å²) in [5.74, 6) is 0.0664. The summed E-state index contributed by atoms with van der Waals surface area (Å²) in [6.45, 7) is 3.84. The van der Waals surface area contributed by atoms with Gasteiger partial charge in [-0.1, -0.05) is 29.8 Å². The van der Waals surface area contributed by atoms with Crippen molar-refractivity contribution in [3.8, 4) is 0 Å². The van der Waals surface area contributed by atoms with Crippen LogP contribution in [0.3, 0.4) is 0 Å². The molecule has 0 spiro atoms. The topological polar surface area (TPSA) is 72.2 Å². The van der Waals surface area contributed by atoms with Gasteiger partial charge in [-0.3, -0.25) is 14.9 Å². The van der Waals surface area contributed by atoms with E-state index in [1.165, 1.54) is 23.9 Å². The van der Waals surface area contributed by atoms with Gasteiger partial charge in [-0.25, -0.2) is 0 Å². The third-order valence-corrected chi connectivity index (χ3v) is 4.93. The first-order valence-corrected chi connectivity index (χ1v) is 8.71. The Morgan fingerprint density at radius 3 is 2.75 bits per heavy atom. The number of amides is 1. The third-order valence-electron chi connectivity index (χ3n) is 3.41. The van der Waals surface area contributed by atoms with Crippen molar-refractivity contribution in [2.45, 2.75) is 19.1 Å². The number of rotatable bonds is 6. The van der Waals surface area contributed by atoms with E-state index in [0.29, 0.717) is 10.7 Å². The van der Waals surface area contributed by atoms with Gasteiger partial charge in [0.2, 0.25) is 5.91 Å². The molecule has 0 aliphatic carbocycles. The fourth-order valence-electron chi connectivity index (χ4n) is 2.10. The number of benzene rings is 2. The third kappa shape index (κ3) is 4.97.